The molecule has 206 valence electrons. The summed E-state index contributed by atoms with van der Waals surface area (Å²) in [5.74, 6) is 2.17. The maximum atomic E-state index is 13.8. The minimum atomic E-state index is -2.64. The van der Waals surface area contributed by atoms with Gasteiger partial charge >= 0.3 is 0 Å². The molecule has 0 bridgehead atoms. The van der Waals surface area contributed by atoms with Crippen LogP contribution < -0.4 is 10.2 Å². The van der Waals surface area contributed by atoms with Crippen LogP contribution in [-0.2, 0) is 11.3 Å². The molecule has 10 nitrogen and oxygen atoms in total. The standard InChI is InChI=1S/C26H31F2N9OS/c1-6-39-18-9-29-19(30-10-18)11-31-20(12-38)35-22-15(3)34-25(36-26(22)37(5)16(4)24(27)28)21-14(2)32-13-33-23(21)17-7-8-17/h9-10,12-13,16-17,24H,6-8,11H2,1-5H3,(H,31,35). The lowest BCUT2D eigenvalue weighted by Crippen LogP contribution is -2.36. The molecule has 1 fully saturated rings. The van der Waals surface area contributed by atoms with Gasteiger partial charge in [0.1, 0.15) is 17.8 Å². The zero-order chi connectivity index (χ0) is 28.1. The van der Waals surface area contributed by atoms with Crippen molar-refractivity contribution in [2.24, 2.45) is 4.99 Å². The van der Waals surface area contributed by atoms with Gasteiger partial charge in [0, 0.05) is 30.3 Å². The van der Waals surface area contributed by atoms with Crippen molar-refractivity contribution in [1.82, 2.24) is 35.2 Å². The van der Waals surface area contributed by atoms with E-state index in [0.717, 1.165) is 29.2 Å². The number of aliphatic imine (C=N–C) groups is 1. The molecule has 3 heterocycles. The van der Waals surface area contributed by atoms with Crippen LogP contribution in [0.15, 0.2) is 28.6 Å². The number of alkyl halides is 2. The Labute approximate surface area is 230 Å². The van der Waals surface area contributed by atoms with E-state index in [-0.39, 0.29) is 23.9 Å². The smallest absolute Gasteiger partial charge is 0.258 e. The molecule has 1 unspecified atom stereocenters. The minimum absolute atomic E-state index is 0.0256. The summed E-state index contributed by atoms with van der Waals surface area (Å²) in [4.78, 5) is 45.5. The van der Waals surface area contributed by atoms with Crippen molar-refractivity contribution in [2.75, 3.05) is 17.7 Å². The average Bonchev–Trinajstić information content (AvgIpc) is 3.77. The van der Waals surface area contributed by atoms with Gasteiger partial charge in [-0.25, -0.2) is 43.7 Å². The molecule has 0 saturated heterocycles. The third-order valence-electron chi connectivity index (χ3n) is 6.37. The highest BCUT2D eigenvalue weighted by Gasteiger charge is 2.31. The Morgan fingerprint density at radius 1 is 1.18 bits per heavy atom. The number of carbonyl (C=O) groups excluding carboxylic acids is 1. The number of nitrogens with one attached hydrogen (secondary N) is 1. The number of amidine groups is 1. The fraction of sp³-hybridized carbons (Fsp3) is 0.462. The number of halogens is 2. The summed E-state index contributed by atoms with van der Waals surface area (Å²) in [6, 6.07) is -1.17. The topological polar surface area (TPSA) is 122 Å². The molecule has 0 aromatic carbocycles. The van der Waals surface area contributed by atoms with Crippen molar-refractivity contribution in [3.05, 3.63) is 41.6 Å². The van der Waals surface area contributed by atoms with Gasteiger partial charge in [-0.3, -0.25) is 4.79 Å². The molecule has 39 heavy (non-hydrogen) atoms. The molecule has 3 aromatic heterocycles. The highest BCUT2D eigenvalue weighted by atomic mass is 32.2. The molecule has 0 spiro atoms. The minimum Gasteiger partial charge on any atom is -0.360 e. The van der Waals surface area contributed by atoms with Crippen molar-refractivity contribution in [2.45, 2.75) is 70.4 Å². The molecule has 4 rings (SSSR count). The summed E-state index contributed by atoms with van der Waals surface area (Å²) in [5, 5.41) is 2.93. The van der Waals surface area contributed by atoms with E-state index in [1.54, 1.807) is 31.1 Å². The zero-order valence-electron chi connectivity index (χ0n) is 22.5. The molecular weight excluding hydrogens is 524 g/mol. The molecule has 13 heteroatoms. The van der Waals surface area contributed by atoms with Crippen LogP contribution in [0.4, 0.5) is 20.3 Å². The number of nitrogens with zero attached hydrogens (tertiary/aromatic N) is 8. The average molecular weight is 556 g/mol. The van der Waals surface area contributed by atoms with E-state index in [2.05, 4.69) is 35.2 Å². The molecule has 1 atom stereocenters. The quantitative estimate of drug-likeness (QED) is 0.157. The van der Waals surface area contributed by atoms with Crippen LogP contribution in [-0.4, -0.2) is 67.3 Å². The molecule has 1 aliphatic carbocycles. The van der Waals surface area contributed by atoms with E-state index >= 15 is 0 Å². The maximum Gasteiger partial charge on any atom is 0.258 e. The summed E-state index contributed by atoms with van der Waals surface area (Å²) in [6.45, 7) is 7.15. The van der Waals surface area contributed by atoms with Gasteiger partial charge < -0.3 is 10.2 Å². The van der Waals surface area contributed by atoms with Gasteiger partial charge in [0.2, 0.25) is 0 Å². The number of rotatable bonds is 11. The highest BCUT2D eigenvalue weighted by Crippen LogP contribution is 2.44. The maximum absolute atomic E-state index is 13.8. The third-order valence-corrected chi connectivity index (χ3v) is 7.20. The Morgan fingerprint density at radius 3 is 2.51 bits per heavy atom. The fourth-order valence-electron chi connectivity index (χ4n) is 3.91. The van der Waals surface area contributed by atoms with Crippen LogP contribution in [0.2, 0.25) is 0 Å². The van der Waals surface area contributed by atoms with Crippen LogP contribution >= 0.6 is 11.8 Å². The van der Waals surface area contributed by atoms with Gasteiger partial charge in [0.25, 0.3) is 6.43 Å². The van der Waals surface area contributed by atoms with E-state index < -0.39 is 12.5 Å². The summed E-state index contributed by atoms with van der Waals surface area (Å²) in [6.07, 6.45) is 4.90. The third kappa shape index (κ3) is 6.70. The van der Waals surface area contributed by atoms with Gasteiger partial charge in [0.15, 0.2) is 23.8 Å². The lowest BCUT2D eigenvalue weighted by atomic mass is 10.1. The first-order chi connectivity index (χ1) is 18.7. The normalized spacial score (nSPS) is 14.4. The van der Waals surface area contributed by atoms with Crippen molar-refractivity contribution < 1.29 is 13.6 Å². The number of aldehydes is 1. The van der Waals surface area contributed by atoms with Crippen molar-refractivity contribution in [3.63, 3.8) is 0 Å². The van der Waals surface area contributed by atoms with Crippen molar-refractivity contribution in [3.8, 4) is 11.4 Å². The number of hydrogen-bond acceptors (Lipinski definition) is 10. The molecule has 1 aliphatic rings. The first kappa shape index (κ1) is 28.4. The Kier molecular flexibility index (Phi) is 9.10. The molecule has 0 radical (unpaired) electrons. The summed E-state index contributed by atoms with van der Waals surface area (Å²) >= 11 is 1.63. The van der Waals surface area contributed by atoms with E-state index in [0.29, 0.717) is 40.8 Å². The molecule has 0 amide bonds. The van der Waals surface area contributed by atoms with Gasteiger partial charge in [-0.1, -0.05) is 6.92 Å². The zero-order valence-corrected chi connectivity index (χ0v) is 23.3. The van der Waals surface area contributed by atoms with Crippen molar-refractivity contribution >= 4 is 35.4 Å². The SMILES string of the molecule is CCSc1cnc(CN/C(C=O)=N/c2c(C)nc(-c3c(C)ncnc3C3CC3)nc2N(C)C(C)C(F)F)nc1. The second kappa shape index (κ2) is 12.5. The van der Waals surface area contributed by atoms with E-state index in [9.17, 15) is 13.6 Å². The fourth-order valence-corrected chi connectivity index (χ4v) is 4.50. The lowest BCUT2D eigenvalue weighted by molar-refractivity contribution is -0.102. The first-order valence-electron chi connectivity index (χ1n) is 12.7. The van der Waals surface area contributed by atoms with Crippen molar-refractivity contribution in [1.29, 1.82) is 0 Å². The van der Waals surface area contributed by atoms with Crippen LogP contribution in [0, 0.1) is 13.8 Å². The summed E-state index contributed by atoms with van der Waals surface area (Å²) in [7, 11) is 1.52. The van der Waals surface area contributed by atoms with E-state index in [1.807, 2.05) is 13.8 Å². The van der Waals surface area contributed by atoms with Crippen LogP contribution in [0.25, 0.3) is 11.4 Å². The number of carbonyl (C=O) groups is 1. The van der Waals surface area contributed by atoms with Crippen LogP contribution in [0.5, 0.6) is 0 Å². The number of anilines is 1. The Morgan fingerprint density at radius 2 is 1.90 bits per heavy atom. The van der Waals surface area contributed by atoms with Gasteiger partial charge in [0.05, 0.1) is 35.2 Å². The highest BCUT2D eigenvalue weighted by molar-refractivity contribution is 7.99. The molecule has 3 aromatic rings. The van der Waals surface area contributed by atoms with Crippen LogP contribution in [0.3, 0.4) is 0 Å². The second-order valence-electron chi connectivity index (χ2n) is 9.22. The molecule has 0 aliphatic heterocycles. The number of thioether (sulfide) groups is 1. The Balaban J connectivity index is 1.73. The lowest BCUT2D eigenvalue weighted by Gasteiger charge is -2.27. The Bertz CT molecular complexity index is 1350. The molecule has 1 N–H and O–H groups in total. The largest absolute Gasteiger partial charge is 0.360 e. The number of aromatic nitrogens is 6. The predicted octanol–water partition coefficient (Wildman–Crippen LogP) is 4.44. The summed E-state index contributed by atoms with van der Waals surface area (Å²) in [5.41, 5.74) is 2.89. The predicted molar refractivity (Wildman–Crippen MR) is 147 cm³/mol. The van der Waals surface area contributed by atoms with Gasteiger partial charge in [-0.15, -0.1) is 11.8 Å². The second-order valence-corrected chi connectivity index (χ2v) is 10.6. The van der Waals surface area contributed by atoms with Gasteiger partial charge in [-0.2, -0.15) is 0 Å². The first-order valence-corrected chi connectivity index (χ1v) is 13.6. The summed E-state index contributed by atoms with van der Waals surface area (Å²) < 4.78 is 27.5. The number of hydrogen-bond donors (Lipinski definition) is 1. The van der Waals surface area contributed by atoms with Gasteiger partial charge in [-0.05, 0) is 39.4 Å². The number of aryl methyl sites for hydroxylation is 2. The van der Waals surface area contributed by atoms with Crippen LogP contribution in [0.1, 0.15) is 55.5 Å². The monoisotopic (exact) mass is 555 g/mol. The molecular formula is C26H31F2N9OS. The van der Waals surface area contributed by atoms with E-state index in [1.165, 1.54) is 25.2 Å². The van der Waals surface area contributed by atoms with E-state index in [4.69, 9.17) is 4.98 Å². The molecule has 1 saturated carbocycles. The Hall–Kier alpha value is -3.61.